The molecule has 1 aromatic carbocycles. The first kappa shape index (κ1) is 13.8. The van der Waals surface area contributed by atoms with Gasteiger partial charge in [-0.25, -0.2) is 8.78 Å². The topological polar surface area (TPSA) is 46.3 Å². The Morgan fingerprint density at radius 2 is 1.90 bits per heavy atom. The van der Waals surface area contributed by atoms with E-state index in [-0.39, 0.29) is 23.0 Å². The summed E-state index contributed by atoms with van der Waals surface area (Å²) < 4.78 is 27.9. The van der Waals surface area contributed by atoms with E-state index in [0.717, 1.165) is 25.0 Å². The van der Waals surface area contributed by atoms with Gasteiger partial charge in [-0.15, -0.1) is 0 Å². The molecular formula is C14H15ClF2N2O. The van der Waals surface area contributed by atoms with E-state index in [1.807, 2.05) is 0 Å². The van der Waals surface area contributed by atoms with Crippen LogP contribution >= 0.6 is 11.6 Å². The Kier molecular flexibility index (Phi) is 3.42. The van der Waals surface area contributed by atoms with Gasteiger partial charge in [0.15, 0.2) is 0 Å². The van der Waals surface area contributed by atoms with Crippen molar-refractivity contribution < 1.29 is 13.6 Å². The molecule has 6 heteroatoms. The molecule has 1 aliphatic heterocycles. The van der Waals surface area contributed by atoms with Gasteiger partial charge in [-0.05, 0) is 30.9 Å². The number of nitrogens with two attached hydrogens (primary N) is 1. The summed E-state index contributed by atoms with van der Waals surface area (Å²) in [6.07, 6.45) is 2.21. The van der Waals surface area contributed by atoms with Crippen molar-refractivity contribution in [1.82, 2.24) is 4.90 Å². The number of amides is 1. The Morgan fingerprint density at radius 1 is 1.30 bits per heavy atom. The van der Waals surface area contributed by atoms with Gasteiger partial charge in [0, 0.05) is 29.6 Å². The molecule has 0 aromatic heterocycles. The summed E-state index contributed by atoms with van der Waals surface area (Å²) in [6, 6.07) is 1.22. The Morgan fingerprint density at radius 3 is 2.45 bits per heavy atom. The van der Waals surface area contributed by atoms with E-state index < -0.39 is 23.6 Å². The highest BCUT2D eigenvalue weighted by Gasteiger charge is 2.42. The van der Waals surface area contributed by atoms with Gasteiger partial charge < -0.3 is 10.6 Å². The Labute approximate surface area is 120 Å². The van der Waals surface area contributed by atoms with Crippen molar-refractivity contribution in [3.05, 3.63) is 34.4 Å². The van der Waals surface area contributed by atoms with Gasteiger partial charge in [0.2, 0.25) is 5.91 Å². The molecule has 1 aliphatic carbocycles. The summed E-state index contributed by atoms with van der Waals surface area (Å²) in [7, 11) is 0. The van der Waals surface area contributed by atoms with Crippen LogP contribution < -0.4 is 5.73 Å². The third-order valence-corrected chi connectivity index (χ3v) is 4.26. The second-order valence-corrected chi connectivity index (χ2v) is 6.04. The summed E-state index contributed by atoms with van der Waals surface area (Å²) in [6.45, 7) is 0.909. The average Bonchev–Trinajstić information content (AvgIpc) is 3.13. The summed E-state index contributed by atoms with van der Waals surface area (Å²) in [4.78, 5) is 13.7. The van der Waals surface area contributed by atoms with Crippen LogP contribution in [0.5, 0.6) is 0 Å². The maximum atomic E-state index is 14.0. The second kappa shape index (κ2) is 4.97. The molecule has 2 fully saturated rings. The van der Waals surface area contributed by atoms with E-state index >= 15 is 0 Å². The molecule has 1 saturated carbocycles. The first-order chi connectivity index (χ1) is 9.47. The highest BCUT2D eigenvalue weighted by atomic mass is 35.5. The Balaban J connectivity index is 1.88. The molecule has 0 unspecified atom stereocenters. The van der Waals surface area contributed by atoms with E-state index in [0.29, 0.717) is 12.5 Å². The fraction of sp³-hybridized carbons (Fsp3) is 0.500. The normalized spacial score (nSPS) is 26.4. The minimum Gasteiger partial charge on any atom is -0.340 e. The van der Waals surface area contributed by atoms with Gasteiger partial charge >= 0.3 is 0 Å². The minimum atomic E-state index is -0.890. The van der Waals surface area contributed by atoms with Crippen molar-refractivity contribution in [3.63, 3.8) is 0 Å². The molecule has 20 heavy (non-hydrogen) atoms. The van der Waals surface area contributed by atoms with Crippen LogP contribution in [-0.4, -0.2) is 29.9 Å². The smallest absolute Gasteiger partial charge is 0.240 e. The monoisotopic (exact) mass is 300 g/mol. The first-order valence-corrected chi connectivity index (χ1v) is 7.04. The largest absolute Gasteiger partial charge is 0.340 e. The SMILES string of the molecule is N[C@@H]1C(=O)N(CC2CC2)C[C@H]1c1c(F)cc(Cl)cc1F. The van der Waals surface area contributed by atoms with Crippen LogP contribution in [0.15, 0.2) is 12.1 Å². The van der Waals surface area contributed by atoms with Gasteiger partial charge in [0.1, 0.15) is 11.6 Å². The Hall–Kier alpha value is -1.20. The summed E-state index contributed by atoms with van der Waals surface area (Å²) in [5.74, 6) is -1.84. The van der Waals surface area contributed by atoms with Crippen LogP contribution in [-0.2, 0) is 4.79 Å². The van der Waals surface area contributed by atoms with E-state index in [2.05, 4.69) is 0 Å². The summed E-state index contributed by atoms with van der Waals surface area (Å²) in [5.41, 5.74) is 5.73. The number of hydrogen-bond donors (Lipinski definition) is 1. The number of halogens is 3. The van der Waals surface area contributed by atoms with Gasteiger partial charge in [-0.2, -0.15) is 0 Å². The Bertz CT molecular complexity index is 539. The number of rotatable bonds is 3. The number of hydrogen-bond acceptors (Lipinski definition) is 2. The zero-order valence-corrected chi connectivity index (χ0v) is 11.5. The lowest BCUT2D eigenvalue weighted by atomic mass is 9.93. The standard InChI is InChI=1S/C14H15ClF2N2O/c15-8-3-10(16)12(11(17)4-8)9-6-19(5-7-1-2-7)14(20)13(9)18/h3-4,7,9,13H,1-2,5-6,18H2/t9-,13-/m0/s1. The van der Waals surface area contributed by atoms with E-state index in [9.17, 15) is 13.6 Å². The number of benzene rings is 1. The molecule has 1 amide bonds. The molecule has 0 bridgehead atoms. The van der Waals surface area contributed by atoms with Crippen molar-refractivity contribution in [2.24, 2.45) is 11.7 Å². The first-order valence-electron chi connectivity index (χ1n) is 6.66. The highest BCUT2D eigenvalue weighted by molar-refractivity contribution is 6.30. The van der Waals surface area contributed by atoms with Crippen molar-refractivity contribution in [2.75, 3.05) is 13.1 Å². The minimum absolute atomic E-state index is 0.00326. The molecule has 3 nitrogen and oxygen atoms in total. The van der Waals surface area contributed by atoms with Crippen molar-refractivity contribution in [3.8, 4) is 0 Å². The van der Waals surface area contributed by atoms with Gasteiger partial charge in [0.25, 0.3) is 0 Å². The summed E-state index contributed by atoms with van der Waals surface area (Å²) >= 11 is 5.61. The lowest BCUT2D eigenvalue weighted by molar-refractivity contribution is -0.129. The molecule has 1 heterocycles. The molecule has 1 aromatic rings. The lowest BCUT2D eigenvalue weighted by Gasteiger charge is -2.16. The van der Waals surface area contributed by atoms with Crippen LogP contribution in [0.2, 0.25) is 5.02 Å². The maximum Gasteiger partial charge on any atom is 0.240 e. The van der Waals surface area contributed by atoms with Crippen LogP contribution in [0, 0.1) is 17.6 Å². The number of nitrogens with zero attached hydrogens (tertiary/aromatic N) is 1. The van der Waals surface area contributed by atoms with Crippen molar-refractivity contribution in [2.45, 2.75) is 24.8 Å². The van der Waals surface area contributed by atoms with Crippen molar-refractivity contribution >= 4 is 17.5 Å². The zero-order chi connectivity index (χ0) is 14.4. The number of carbonyl (C=O) groups excluding carboxylic acids is 1. The van der Waals surface area contributed by atoms with Crippen molar-refractivity contribution in [1.29, 1.82) is 0 Å². The predicted molar refractivity (Wildman–Crippen MR) is 71.4 cm³/mol. The molecule has 108 valence electrons. The predicted octanol–water partition coefficient (Wildman–Crippen LogP) is 2.28. The van der Waals surface area contributed by atoms with Gasteiger partial charge in [-0.1, -0.05) is 11.6 Å². The average molecular weight is 301 g/mol. The van der Waals surface area contributed by atoms with Gasteiger partial charge in [0.05, 0.1) is 6.04 Å². The van der Waals surface area contributed by atoms with Crippen LogP contribution in [0.4, 0.5) is 8.78 Å². The zero-order valence-electron chi connectivity index (χ0n) is 10.8. The van der Waals surface area contributed by atoms with Crippen LogP contribution in [0.25, 0.3) is 0 Å². The highest BCUT2D eigenvalue weighted by Crippen LogP contribution is 2.36. The molecule has 3 rings (SSSR count). The fourth-order valence-electron chi connectivity index (χ4n) is 2.78. The van der Waals surface area contributed by atoms with E-state index in [1.165, 1.54) is 0 Å². The third-order valence-electron chi connectivity index (χ3n) is 4.04. The third kappa shape index (κ3) is 2.40. The molecule has 2 aliphatic rings. The number of carbonyl (C=O) groups is 1. The summed E-state index contributed by atoms with van der Waals surface area (Å²) in [5, 5.41) is -0.00326. The molecule has 2 atom stereocenters. The van der Waals surface area contributed by atoms with E-state index in [1.54, 1.807) is 4.90 Å². The molecule has 0 spiro atoms. The van der Waals surface area contributed by atoms with E-state index in [4.69, 9.17) is 17.3 Å². The lowest BCUT2D eigenvalue weighted by Crippen LogP contribution is -2.36. The van der Waals surface area contributed by atoms with Crippen LogP contribution in [0.3, 0.4) is 0 Å². The maximum absolute atomic E-state index is 14.0. The number of likely N-dealkylation sites (tertiary alicyclic amines) is 1. The molecule has 1 saturated heterocycles. The van der Waals surface area contributed by atoms with Gasteiger partial charge in [-0.3, -0.25) is 4.79 Å². The van der Waals surface area contributed by atoms with Crippen LogP contribution in [0.1, 0.15) is 24.3 Å². The molecular weight excluding hydrogens is 286 g/mol. The molecule has 0 radical (unpaired) electrons. The molecule has 2 N–H and O–H groups in total. The second-order valence-electron chi connectivity index (χ2n) is 5.60. The fourth-order valence-corrected chi connectivity index (χ4v) is 2.97. The quantitative estimate of drug-likeness (QED) is 0.931.